The van der Waals surface area contributed by atoms with E-state index in [9.17, 15) is 0 Å². The molecule has 2 aromatic carbocycles. The lowest BCUT2D eigenvalue weighted by Crippen LogP contribution is -2.37. The van der Waals surface area contributed by atoms with Crippen LogP contribution in [-0.2, 0) is 22.5 Å². The lowest BCUT2D eigenvalue weighted by atomic mass is 10.1. The predicted octanol–water partition coefficient (Wildman–Crippen LogP) is 6.02. The van der Waals surface area contributed by atoms with Crippen LogP contribution in [-0.4, -0.2) is 31.8 Å². The second-order valence-corrected chi connectivity index (χ2v) is 8.19. The fourth-order valence-corrected chi connectivity index (χ4v) is 3.93. The van der Waals surface area contributed by atoms with Crippen LogP contribution in [0, 0.1) is 0 Å². The van der Waals surface area contributed by atoms with Crippen LogP contribution in [0.15, 0.2) is 84.3 Å². The molecule has 0 fully saturated rings. The van der Waals surface area contributed by atoms with E-state index in [0.717, 1.165) is 44.8 Å². The van der Waals surface area contributed by atoms with E-state index in [-0.39, 0.29) is 0 Å². The average molecular weight is 435 g/mol. The van der Waals surface area contributed by atoms with E-state index < -0.39 is 0 Å². The zero-order chi connectivity index (χ0) is 22.3. The van der Waals surface area contributed by atoms with Crippen LogP contribution >= 0.6 is 0 Å². The van der Waals surface area contributed by atoms with Crippen molar-refractivity contribution < 1.29 is 9.47 Å². The third-order valence-corrected chi connectivity index (χ3v) is 5.72. The minimum atomic E-state index is 0.586. The normalized spacial score (nSPS) is 13.6. The van der Waals surface area contributed by atoms with Gasteiger partial charge < -0.3 is 14.5 Å². The molecule has 0 aromatic heterocycles. The monoisotopic (exact) mass is 434 g/mol. The molecular weight excluding hydrogens is 396 g/mol. The van der Waals surface area contributed by atoms with Gasteiger partial charge in [-0.25, -0.2) is 5.43 Å². The molecule has 1 aliphatic heterocycles. The second kappa shape index (κ2) is 14.5. The van der Waals surface area contributed by atoms with Gasteiger partial charge in [0, 0.05) is 20.3 Å². The smallest absolute Gasteiger partial charge is 0.140 e. The minimum Gasteiger partial charge on any atom is -0.487 e. The highest BCUT2D eigenvalue weighted by molar-refractivity contribution is 5.25. The lowest BCUT2D eigenvalue weighted by Gasteiger charge is -2.30. The Kier molecular flexibility index (Phi) is 10.9. The van der Waals surface area contributed by atoms with Crippen LogP contribution in [0.5, 0.6) is 0 Å². The Bertz CT molecular complexity index is 818. The molecule has 0 saturated heterocycles. The maximum absolute atomic E-state index is 6.15. The summed E-state index contributed by atoms with van der Waals surface area (Å²) in [7, 11) is 1.96. The average Bonchev–Trinajstić information content (AvgIpc) is 2.85. The Labute approximate surface area is 193 Å². The van der Waals surface area contributed by atoms with E-state index in [4.69, 9.17) is 9.47 Å². The summed E-state index contributed by atoms with van der Waals surface area (Å²) >= 11 is 0. The van der Waals surface area contributed by atoms with Gasteiger partial charge in [0.25, 0.3) is 0 Å². The van der Waals surface area contributed by atoms with Crippen LogP contribution in [0.3, 0.4) is 0 Å². The standard InChI is InChI=1S/C28H38N2O2/c1-29-30-21-12-20-28(32-24-26-17-9-5-10-18-26)27(30)19-13-23-31-22-11-3-2-6-14-25-15-7-4-8-16-25/h4-5,7-10,12,15-18,20,29H,2-3,6,11,13-14,19,21-24H2,1H3. The second-order valence-electron chi connectivity index (χ2n) is 8.19. The maximum atomic E-state index is 6.15. The van der Waals surface area contributed by atoms with Gasteiger partial charge in [0.2, 0.25) is 0 Å². The van der Waals surface area contributed by atoms with Crippen LogP contribution in [0.2, 0.25) is 0 Å². The van der Waals surface area contributed by atoms with Crippen molar-refractivity contribution in [3.63, 3.8) is 0 Å². The molecule has 0 saturated carbocycles. The molecule has 4 nitrogen and oxygen atoms in total. The molecule has 0 spiro atoms. The van der Waals surface area contributed by atoms with Gasteiger partial charge in [-0.3, -0.25) is 0 Å². The number of hydrazine groups is 1. The molecule has 172 valence electrons. The van der Waals surface area contributed by atoms with Crippen molar-refractivity contribution in [2.75, 3.05) is 26.8 Å². The SMILES string of the molecule is CNN1CC=CC(OCc2ccccc2)=C1CCCOCCCCCCc1ccccc1. The molecule has 2 aromatic rings. The van der Waals surface area contributed by atoms with Crippen molar-refractivity contribution in [3.8, 4) is 0 Å². The number of unbranched alkanes of at least 4 members (excludes halogenated alkanes) is 3. The number of hydrogen-bond donors (Lipinski definition) is 1. The van der Waals surface area contributed by atoms with Gasteiger partial charge >= 0.3 is 0 Å². The third kappa shape index (κ3) is 8.52. The topological polar surface area (TPSA) is 33.7 Å². The molecule has 0 bridgehead atoms. The van der Waals surface area contributed by atoms with Gasteiger partial charge in [0.1, 0.15) is 12.4 Å². The van der Waals surface area contributed by atoms with Gasteiger partial charge in [-0.15, -0.1) is 0 Å². The molecule has 3 rings (SSSR count). The van der Waals surface area contributed by atoms with Gasteiger partial charge in [0.15, 0.2) is 0 Å². The first kappa shape index (κ1) is 24.1. The molecule has 1 heterocycles. The Morgan fingerprint density at radius 3 is 2.22 bits per heavy atom. The lowest BCUT2D eigenvalue weighted by molar-refractivity contribution is 0.123. The first-order valence-corrected chi connectivity index (χ1v) is 12.0. The molecule has 0 aliphatic carbocycles. The Hall–Kier alpha value is -2.56. The summed E-state index contributed by atoms with van der Waals surface area (Å²) in [6, 6.07) is 21.1. The first-order chi connectivity index (χ1) is 15.9. The summed E-state index contributed by atoms with van der Waals surface area (Å²) in [5.41, 5.74) is 7.11. The van der Waals surface area contributed by atoms with Crippen molar-refractivity contribution in [2.24, 2.45) is 0 Å². The summed E-state index contributed by atoms with van der Waals surface area (Å²) in [4.78, 5) is 0. The fraction of sp³-hybridized carbons (Fsp3) is 0.429. The molecule has 0 unspecified atom stereocenters. The zero-order valence-corrected chi connectivity index (χ0v) is 19.5. The number of ether oxygens (including phenoxy) is 2. The minimum absolute atomic E-state index is 0.586. The zero-order valence-electron chi connectivity index (χ0n) is 19.5. The van der Waals surface area contributed by atoms with Crippen LogP contribution < -0.4 is 5.43 Å². The molecule has 0 atom stereocenters. The summed E-state index contributed by atoms with van der Waals surface area (Å²) in [6.45, 7) is 3.09. The number of aryl methyl sites for hydroxylation is 1. The highest BCUT2D eigenvalue weighted by Gasteiger charge is 2.16. The molecular formula is C28H38N2O2. The van der Waals surface area contributed by atoms with E-state index in [2.05, 4.69) is 65.1 Å². The number of allylic oxidation sites excluding steroid dienone is 2. The molecule has 0 radical (unpaired) electrons. The largest absolute Gasteiger partial charge is 0.487 e. The molecule has 1 aliphatic rings. The highest BCUT2D eigenvalue weighted by atomic mass is 16.5. The Morgan fingerprint density at radius 2 is 1.47 bits per heavy atom. The Balaban J connectivity index is 1.30. The summed E-state index contributed by atoms with van der Waals surface area (Å²) < 4.78 is 12.1. The number of hydrogen-bond acceptors (Lipinski definition) is 4. The molecule has 1 N–H and O–H groups in total. The summed E-state index contributed by atoms with van der Waals surface area (Å²) in [5, 5.41) is 2.16. The third-order valence-electron chi connectivity index (χ3n) is 5.72. The summed E-state index contributed by atoms with van der Waals surface area (Å²) in [6.07, 6.45) is 12.3. The number of nitrogens with one attached hydrogen (secondary N) is 1. The van der Waals surface area contributed by atoms with Gasteiger partial charge in [-0.2, -0.15) is 0 Å². The molecule has 4 heteroatoms. The van der Waals surface area contributed by atoms with Crippen LogP contribution in [0.1, 0.15) is 49.7 Å². The number of nitrogens with zero attached hydrogens (tertiary/aromatic N) is 1. The van der Waals surface area contributed by atoms with Gasteiger partial charge in [-0.05, 0) is 49.3 Å². The van der Waals surface area contributed by atoms with Crippen molar-refractivity contribution in [1.29, 1.82) is 0 Å². The number of rotatable bonds is 15. The van der Waals surface area contributed by atoms with Crippen LogP contribution in [0.25, 0.3) is 0 Å². The Morgan fingerprint density at radius 1 is 0.781 bits per heavy atom. The fourth-order valence-electron chi connectivity index (χ4n) is 3.93. The first-order valence-electron chi connectivity index (χ1n) is 12.0. The van der Waals surface area contributed by atoms with Crippen molar-refractivity contribution in [3.05, 3.63) is 95.4 Å². The predicted molar refractivity (Wildman–Crippen MR) is 132 cm³/mol. The van der Waals surface area contributed by atoms with Gasteiger partial charge in [0.05, 0.1) is 12.2 Å². The quantitative estimate of drug-likeness (QED) is 0.348. The molecule has 0 amide bonds. The van der Waals surface area contributed by atoms with E-state index in [1.807, 2.05) is 25.2 Å². The highest BCUT2D eigenvalue weighted by Crippen LogP contribution is 2.22. The van der Waals surface area contributed by atoms with Crippen molar-refractivity contribution in [2.45, 2.75) is 51.6 Å². The number of benzene rings is 2. The van der Waals surface area contributed by atoms with Gasteiger partial charge in [-0.1, -0.05) is 79.6 Å². The summed E-state index contributed by atoms with van der Waals surface area (Å²) in [5.74, 6) is 0.952. The van der Waals surface area contributed by atoms with E-state index in [1.165, 1.54) is 42.5 Å². The molecule has 32 heavy (non-hydrogen) atoms. The maximum Gasteiger partial charge on any atom is 0.140 e. The van der Waals surface area contributed by atoms with E-state index in [0.29, 0.717) is 6.61 Å². The van der Waals surface area contributed by atoms with Crippen molar-refractivity contribution in [1.82, 2.24) is 10.4 Å². The van der Waals surface area contributed by atoms with Crippen molar-refractivity contribution >= 4 is 0 Å². The van der Waals surface area contributed by atoms with E-state index in [1.54, 1.807) is 0 Å². The van der Waals surface area contributed by atoms with Crippen LogP contribution in [0.4, 0.5) is 0 Å². The van der Waals surface area contributed by atoms with E-state index >= 15 is 0 Å².